The highest BCUT2D eigenvalue weighted by molar-refractivity contribution is 6.30. The van der Waals surface area contributed by atoms with Crippen molar-refractivity contribution < 1.29 is 13.6 Å². The van der Waals surface area contributed by atoms with Crippen molar-refractivity contribution in [2.45, 2.75) is 19.4 Å². The molecule has 1 aromatic heterocycles. The number of carbonyl (C=O) groups is 1. The lowest BCUT2D eigenvalue weighted by Crippen LogP contribution is -2.38. The Bertz CT molecular complexity index is 1440. The Morgan fingerprint density at radius 2 is 1.79 bits per heavy atom. The van der Waals surface area contributed by atoms with Gasteiger partial charge in [0, 0.05) is 7.05 Å². The van der Waals surface area contributed by atoms with Crippen molar-refractivity contribution in [2.24, 2.45) is 0 Å². The van der Waals surface area contributed by atoms with E-state index in [4.69, 9.17) is 16.6 Å². The van der Waals surface area contributed by atoms with Crippen molar-refractivity contribution in [3.8, 4) is 5.69 Å². The topological polar surface area (TPSA) is 67.2 Å². The van der Waals surface area contributed by atoms with Gasteiger partial charge in [-0.25, -0.2) is 18.6 Å². The highest BCUT2D eigenvalue weighted by Gasteiger charge is 2.27. The minimum absolute atomic E-state index is 0.0309. The van der Waals surface area contributed by atoms with Crippen LogP contribution in [0.2, 0.25) is 5.02 Å². The summed E-state index contributed by atoms with van der Waals surface area (Å²) in [6, 6.07) is 15.3. The van der Waals surface area contributed by atoms with Gasteiger partial charge < -0.3 is 10.2 Å². The summed E-state index contributed by atoms with van der Waals surface area (Å²) in [6.07, 6.45) is 0.390. The second-order valence-corrected chi connectivity index (χ2v) is 8.08. The van der Waals surface area contributed by atoms with Gasteiger partial charge in [-0.05, 0) is 48.9 Å². The van der Waals surface area contributed by atoms with Gasteiger partial charge in [0.1, 0.15) is 17.5 Å². The van der Waals surface area contributed by atoms with E-state index < -0.39 is 23.7 Å². The van der Waals surface area contributed by atoms with E-state index in [1.165, 1.54) is 52.9 Å². The molecule has 1 heterocycles. The zero-order chi connectivity index (χ0) is 24.4. The molecular weight excluding hydrogens is 462 g/mol. The van der Waals surface area contributed by atoms with Gasteiger partial charge in [-0.15, -0.1) is 0 Å². The average Bonchev–Trinajstić information content (AvgIpc) is 2.83. The Morgan fingerprint density at radius 1 is 1.09 bits per heavy atom. The Balaban J connectivity index is 1.85. The second-order valence-electron chi connectivity index (χ2n) is 7.67. The van der Waals surface area contributed by atoms with E-state index >= 15 is 0 Å². The van der Waals surface area contributed by atoms with Crippen LogP contribution in [-0.4, -0.2) is 27.5 Å². The molecule has 0 saturated heterocycles. The minimum Gasteiger partial charge on any atom is -0.317 e. The summed E-state index contributed by atoms with van der Waals surface area (Å²) in [5.74, 6) is -0.929. The van der Waals surface area contributed by atoms with Crippen molar-refractivity contribution in [3.63, 3.8) is 0 Å². The summed E-state index contributed by atoms with van der Waals surface area (Å²) in [6.45, 7) is 1.83. The van der Waals surface area contributed by atoms with Crippen LogP contribution >= 0.6 is 11.6 Å². The van der Waals surface area contributed by atoms with Crippen LogP contribution in [0.5, 0.6) is 0 Å². The van der Waals surface area contributed by atoms with Crippen molar-refractivity contribution >= 4 is 34.2 Å². The number of rotatable bonds is 5. The molecule has 0 radical (unpaired) electrons. The van der Waals surface area contributed by atoms with Gasteiger partial charge in [0.15, 0.2) is 0 Å². The number of carbonyl (C=O) groups excluding carboxylic acids is 1. The lowest BCUT2D eigenvalue weighted by atomic mass is 10.1. The second kappa shape index (κ2) is 9.61. The van der Waals surface area contributed by atoms with Crippen molar-refractivity contribution in [2.75, 3.05) is 12.4 Å². The molecular formula is C25H21ClF2N4O2. The number of nitrogens with one attached hydrogen (secondary N) is 1. The predicted octanol–water partition coefficient (Wildman–Crippen LogP) is 5.93. The highest BCUT2D eigenvalue weighted by Crippen LogP contribution is 2.27. The Hall–Kier alpha value is -3.78. The number of anilines is 1. The average molecular weight is 483 g/mol. The first-order valence-corrected chi connectivity index (χ1v) is 10.9. The maximum absolute atomic E-state index is 14.1. The monoisotopic (exact) mass is 482 g/mol. The number of hydrogen-bond acceptors (Lipinski definition) is 3. The molecule has 0 aliphatic heterocycles. The number of amides is 2. The Labute approximate surface area is 199 Å². The smallest absolute Gasteiger partial charge is 0.317 e. The third-order valence-electron chi connectivity index (χ3n) is 5.55. The number of aromatic nitrogens is 2. The first kappa shape index (κ1) is 23.4. The van der Waals surface area contributed by atoms with Crippen LogP contribution in [-0.2, 0) is 0 Å². The van der Waals surface area contributed by atoms with E-state index in [-0.39, 0.29) is 22.1 Å². The number of urea groups is 1. The van der Waals surface area contributed by atoms with Gasteiger partial charge >= 0.3 is 6.03 Å². The van der Waals surface area contributed by atoms with Gasteiger partial charge in [0.05, 0.1) is 33.3 Å². The Kier molecular flexibility index (Phi) is 6.61. The molecule has 9 heteroatoms. The minimum atomic E-state index is -0.673. The van der Waals surface area contributed by atoms with E-state index in [0.717, 1.165) is 0 Å². The van der Waals surface area contributed by atoms with Gasteiger partial charge in [0.25, 0.3) is 5.56 Å². The SMILES string of the molecule is CCC(c1nc2ccccc2c(=O)n1-c1ccc(F)c(Cl)c1)N(C)C(=O)Nc1ccccc1F. The van der Waals surface area contributed by atoms with Crippen LogP contribution in [0.15, 0.2) is 71.5 Å². The molecule has 0 saturated carbocycles. The third kappa shape index (κ3) is 4.36. The van der Waals surface area contributed by atoms with Gasteiger partial charge in [-0.2, -0.15) is 0 Å². The molecule has 0 aliphatic rings. The first-order chi connectivity index (χ1) is 16.3. The van der Waals surface area contributed by atoms with Crippen molar-refractivity contribution in [1.29, 1.82) is 0 Å². The number of halogens is 3. The van der Waals surface area contributed by atoms with Crippen molar-refractivity contribution in [3.05, 3.63) is 99.6 Å². The number of hydrogen-bond donors (Lipinski definition) is 1. The number of fused-ring (bicyclic) bond motifs is 1. The van der Waals surface area contributed by atoms with E-state index in [1.807, 2.05) is 6.92 Å². The zero-order valence-electron chi connectivity index (χ0n) is 18.4. The van der Waals surface area contributed by atoms with Crippen LogP contribution in [0.25, 0.3) is 16.6 Å². The fourth-order valence-corrected chi connectivity index (χ4v) is 3.96. The fourth-order valence-electron chi connectivity index (χ4n) is 3.78. The van der Waals surface area contributed by atoms with Gasteiger partial charge in [-0.3, -0.25) is 9.36 Å². The lowest BCUT2D eigenvalue weighted by Gasteiger charge is -2.29. The molecule has 0 bridgehead atoms. The van der Waals surface area contributed by atoms with E-state index in [0.29, 0.717) is 23.0 Å². The van der Waals surface area contributed by atoms with Crippen LogP contribution in [0.3, 0.4) is 0 Å². The summed E-state index contributed by atoms with van der Waals surface area (Å²) in [7, 11) is 1.54. The standard InChI is InChI=1S/C25H21ClF2N4O2/c1-3-22(31(2)25(34)30-21-11-7-5-9-19(21)28)23-29-20-10-6-4-8-16(20)24(33)32(23)15-12-13-18(27)17(26)14-15/h4-14,22H,3H2,1-2H3,(H,30,34). The molecule has 4 rings (SSSR count). The molecule has 34 heavy (non-hydrogen) atoms. The highest BCUT2D eigenvalue weighted by atomic mass is 35.5. The van der Waals surface area contributed by atoms with E-state index in [1.54, 1.807) is 30.3 Å². The number of benzene rings is 3. The molecule has 1 unspecified atom stereocenters. The largest absolute Gasteiger partial charge is 0.322 e. The fraction of sp³-hybridized carbons (Fsp3) is 0.160. The number of para-hydroxylation sites is 2. The summed E-state index contributed by atoms with van der Waals surface area (Å²) in [5, 5.41) is 2.76. The number of nitrogens with zero attached hydrogens (tertiary/aromatic N) is 3. The van der Waals surface area contributed by atoms with Crippen LogP contribution < -0.4 is 10.9 Å². The summed E-state index contributed by atoms with van der Waals surface area (Å²) >= 11 is 6.00. The molecule has 0 spiro atoms. The predicted molar refractivity (Wildman–Crippen MR) is 129 cm³/mol. The molecule has 174 valence electrons. The molecule has 1 atom stereocenters. The molecule has 2 amide bonds. The van der Waals surface area contributed by atoms with Crippen molar-refractivity contribution in [1.82, 2.24) is 14.5 Å². The molecule has 0 fully saturated rings. The van der Waals surface area contributed by atoms with Gasteiger partial charge in [0.2, 0.25) is 0 Å². The van der Waals surface area contributed by atoms with Crippen LogP contribution in [0.4, 0.5) is 19.3 Å². The molecule has 0 aliphatic carbocycles. The summed E-state index contributed by atoms with van der Waals surface area (Å²) in [4.78, 5) is 32.6. The van der Waals surface area contributed by atoms with Crippen LogP contribution in [0, 0.1) is 11.6 Å². The summed E-state index contributed by atoms with van der Waals surface area (Å²) < 4.78 is 29.2. The summed E-state index contributed by atoms with van der Waals surface area (Å²) in [5.41, 5.74) is 0.410. The molecule has 4 aromatic rings. The van der Waals surface area contributed by atoms with E-state index in [9.17, 15) is 18.4 Å². The third-order valence-corrected chi connectivity index (χ3v) is 5.84. The molecule has 3 aromatic carbocycles. The lowest BCUT2D eigenvalue weighted by molar-refractivity contribution is 0.199. The van der Waals surface area contributed by atoms with E-state index in [2.05, 4.69) is 5.32 Å². The van der Waals surface area contributed by atoms with Gasteiger partial charge in [-0.1, -0.05) is 42.8 Å². The van der Waals surface area contributed by atoms with Crippen LogP contribution in [0.1, 0.15) is 25.2 Å². The maximum atomic E-state index is 14.1. The zero-order valence-corrected chi connectivity index (χ0v) is 19.2. The Morgan fingerprint density at radius 3 is 2.50 bits per heavy atom. The first-order valence-electron chi connectivity index (χ1n) is 10.6. The molecule has 1 N–H and O–H groups in total. The quantitative estimate of drug-likeness (QED) is 0.383. The normalized spacial score (nSPS) is 11.9. The molecule has 6 nitrogen and oxygen atoms in total. The maximum Gasteiger partial charge on any atom is 0.322 e.